The van der Waals surface area contributed by atoms with Crippen LogP contribution in [0.5, 0.6) is 5.75 Å². The number of aliphatic imine (C=N–C) groups is 1. The van der Waals surface area contributed by atoms with Gasteiger partial charge in [-0.05, 0) is 26.0 Å². The monoisotopic (exact) mass is 332 g/mol. The summed E-state index contributed by atoms with van der Waals surface area (Å²) in [6, 6.07) is 8.06. The highest BCUT2D eigenvalue weighted by Crippen LogP contribution is 2.10. The number of aryl methyl sites for hydroxylation is 2. The molecule has 2 N–H and O–H groups in total. The number of nitrogens with zero attached hydrogens (tertiary/aromatic N) is 2. The van der Waals surface area contributed by atoms with E-state index in [4.69, 9.17) is 4.74 Å². The first-order chi connectivity index (χ1) is 11.2. The van der Waals surface area contributed by atoms with Crippen LogP contribution in [0.4, 0.5) is 0 Å². The second-order valence-electron chi connectivity index (χ2n) is 5.20. The number of aromatic nitrogens is 1. The second-order valence-corrected chi connectivity index (χ2v) is 6.26. The molecular formula is C17H24N4OS. The van der Waals surface area contributed by atoms with E-state index in [0.29, 0.717) is 13.2 Å². The van der Waals surface area contributed by atoms with Crippen LogP contribution in [-0.2, 0) is 6.42 Å². The van der Waals surface area contributed by atoms with Gasteiger partial charge in [0.1, 0.15) is 12.4 Å². The van der Waals surface area contributed by atoms with Crippen LogP contribution >= 0.6 is 11.3 Å². The molecule has 1 heterocycles. The molecule has 0 aliphatic rings. The van der Waals surface area contributed by atoms with Gasteiger partial charge in [0, 0.05) is 25.4 Å². The lowest BCUT2D eigenvalue weighted by molar-refractivity contribution is 0.322. The van der Waals surface area contributed by atoms with Crippen molar-refractivity contribution >= 4 is 17.3 Å². The molecule has 1 aromatic heterocycles. The van der Waals surface area contributed by atoms with Crippen molar-refractivity contribution in [2.24, 2.45) is 4.99 Å². The predicted molar refractivity (Wildman–Crippen MR) is 96.6 cm³/mol. The number of thiazole rings is 1. The minimum atomic E-state index is 0.592. The van der Waals surface area contributed by atoms with Gasteiger partial charge in [0.25, 0.3) is 0 Å². The summed E-state index contributed by atoms with van der Waals surface area (Å²) in [6.45, 7) is 6.18. The van der Waals surface area contributed by atoms with Crippen molar-refractivity contribution in [1.82, 2.24) is 15.6 Å². The number of hydrogen-bond acceptors (Lipinski definition) is 4. The van der Waals surface area contributed by atoms with Gasteiger partial charge in [-0.1, -0.05) is 17.7 Å². The highest BCUT2D eigenvalue weighted by molar-refractivity contribution is 7.09. The molecule has 0 amide bonds. The summed E-state index contributed by atoms with van der Waals surface area (Å²) in [7, 11) is 1.77. The van der Waals surface area contributed by atoms with Crippen molar-refractivity contribution in [3.05, 3.63) is 45.9 Å². The van der Waals surface area contributed by atoms with Crippen molar-refractivity contribution < 1.29 is 4.74 Å². The number of benzene rings is 1. The maximum atomic E-state index is 5.68. The molecule has 0 atom stereocenters. The Bertz CT molecular complexity index is 622. The number of ether oxygens (including phenoxy) is 1. The zero-order chi connectivity index (χ0) is 16.5. The first-order valence-corrected chi connectivity index (χ1v) is 8.60. The lowest BCUT2D eigenvalue weighted by Gasteiger charge is -2.12. The van der Waals surface area contributed by atoms with Crippen LogP contribution in [0.1, 0.15) is 16.3 Å². The number of guanidine groups is 1. The molecule has 124 valence electrons. The third-order valence-electron chi connectivity index (χ3n) is 3.25. The summed E-state index contributed by atoms with van der Waals surface area (Å²) < 4.78 is 5.68. The molecule has 1 aromatic carbocycles. The zero-order valence-corrected chi connectivity index (χ0v) is 14.7. The van der Waals surface area contributed by atoms with Gasteiger partial charge in [-0.25, -0.2) is 4.98 Å². The Kier molecular flexibility index (Phi) is 6.87. The SMILES string of the molecule is CN=C(NCCOc1ccc(C)cc1)NCCc1csc(C)n1. The third kappa shape index (κ3) is 6.28. The number of hydrogen-bond donors (Lipinski definition) is 2. The van der Waals surface area contributed by atoms with Gasteiger partial charge in [0.05, 0.1) is 17.2 Å². The fourth-order valence-electron chi connectivity index (χ4n) is 2.03. The molecule has 5 nitrogen and oxygen atoms in total. The largest absolute Gasteiger partial charge is 0.492 e. The van der Waals surface area contributed by atoms with E-state index in [2.05, 4.69) is 32.9 Å². The van der Waals surface area contributed by atoms with E-state index >= 15 is 0 Å². The first-order valence-electron chi connectivity index (χ1n) is 7.72. The lowest BCUT2D eigenvalue weighted by atomic mass is 10.2. The van der Waals surface area contributed by atoms with Crippen molar-refractivity contribution in [3.8, 4) is 5.75 Å². The Morgan fingerprint density at radius 1 is 1.17 bits per heavy atom. The normalized spacial score (nSPS) is 11.3. The number of nitrogens with one attached hydrogen (secondary N) is 2. The molecule has 0 saturated heterocycles. The zero-order valence-electron chi connectivity index (χ0n) is 13.9. The lowest BCUT2D eigenvalue weighted by Crippen LogP contribution is -2.40. The van der Waals surface area contributed by atoms with Crippen LogP contribution in [0.2, 0.25) is 0 Å². The predicted octanol–water partition coefficient (Wildman–Crippen LogP) is 2.55. The molecule has 0 unspecified atom stereocenters. The summed E-state index contributed by atoms with van der Waals surface area (Å²) in [5.41, 5.74) is 2.36. The third-order valence-corrected chi connectivity index (χ3v) is 4.07. The summed E-state index contributed by atoms with van der Waals surface area (Å²) in [4.78, 5) is 8.65. The van der Waals surface area contributed by atoms with Crippen LogP contribution in [0.3, 0.4) is 0 Å². The Labute approximate surface area is 141 Å². The van der Waals surface area contributed by atoms with Gasteiger partial charge >= 0.3 is 0 Å². The highest BCUT2D eigenvalue weighted by Gasteiger charge is 2.00. The summed E-state index contributed by atoms with van der Waals surface area (Å²) in [6.07, 6.45) is 0.894. The van der Waals surface area contributed by atoms with Crippen LogP contribution in [0.25, 0.3) is 0 Å². The molecule has 0 aliphatic carbocycles. The molecule has 0 aliphatic heterocycles. The summed E-state index contributed by atoms with van der Waals surface area (Å²) >= 11 is 1.68. The Morgan fingerprint density at radius 3 is 2.57 bits per heavy atom. The van der Waals surface area contributed by atoms with Gasteiger partial charge in [-0.2, -0.15) is 0 Å². The second kappa shape index (κ2) is 9.15. The Balaban J connectivity index is 1.62. The van der Waals surface area contributed by atoms with E-state index in [-0.39, 0.29) is 0 Å². The maximum absolute atomic E-state index is 5.68. The van der Waals surface area contributed by atoms with Gasteiger partial charge in [-0.15, -0.1) is 11.3 Å². The molecule has 2 rings (SSSR count). The molecule has 0 saturated carbocycles. The first kappa shape index (κ1) is 17.3. The molecule has 0 bridgehead atoms. The average molecular weight is 332 g/mol. The molecule has 0 radical (unpaired) electrons. The van der Waals surface area contributed by atoms with E-state index in [0.717, 1.165) is 35.4 Å². The highest BCUT2D eigenvalue weighted by atomic mass is 32.1. The molecule has 2 aromatic rings. The van der Waals surface area contributed by atoms with Crippen LogP contribution in [0.15, 0.2) is 34.6 Å². The van der Waals surface area contributed by atoms with Crippen LogP contribution < -0.4 is 15.4 Å². The fraction of sp³-hybridized carbons (Fsp3) is 0.412. The minimum Gasteiger partial charge on any atom is -0.492 e. The smallest absolute Gasteiger partial charge is 0.191 e. The van der Waals surface area contributed by atoms with Gasteiger partial charge in [-0.3, -0.25) is 4.99 Å². The van der Waals surface area contributed by atoms with Crippen LogP contribution in [-0.4, -0.2) is 37.7 Å². The van der Waals surface area contributed by atoms with Gasteiger partial charge < -0.3 is 15.4 Å². The molecule has 0 spiro atoms. The molecule has 23 heavy (non-hydrogen) atoms. The van der Waals surface area contributed by atoms with E-state index in [9.17, 15) is 0 Å². The summed E-state index contributed by atoms with van der Waals surface area (Å²) in [5, 5.41) is 9.73. The molecule has 6 heteroatoms. The topological polar surface area (TPSA) is 58.5 Å². The van der Waals surface area contributed by atoms with E-state index in [1.807, 2.05) is 31.2 Å². The number of rotatable bonds is 7. The maximum Gasteiger partial charge on any atom is 0.191 e. The van der Waals surface area contributed by atoms with Crippen molar-refractivity contribution in [1.29, 1.82) is 0 Å². The van der Waals surface area contributed by atoms with Crippen molar-refractivity contribution in [2.75, 3.05) is 26.7 Å². The van der Waals surface area contributed by atoms with E-state index in [1.54, 1.807) is 18.4 Å². The standard InChI is InChI=1S/C17H24N4OS/c1-13-4-6-16(7-5-13)22-11-10-20-17(18-3)19-9-8-15-12-23-14(2)21-15/h4-7,12H,8-11H2,1-3H3,(H2,18,19,20). The quantitative estimate of drug-likeness (QED) is 0.465. The Morgan fingerprint density at radius 2 is 1.91 bits per heavy atom. The average Bonchev–Trinajstić information content (AvgIpc) is 2.97. The van der Waals surface area contributed by atoms with Crippen LogP contribution in [0, 0.1) is 13.8 Å². The molecular weight excluding hydrogens is 308 g/mol. The molecule has 0 fully saturated rings. The van der Waals surface area contributed by atoms with E-state index in [1.165, 1.54) is 5.56 Å². The van der Waals surface area contributed by atoms with Crippen molar-refractivity contribution in [3.63, 3.8) is 0 Å². The summed E-state index contributed by atoms with van der Waals surface area (Å²) in [5.74, 6) is 1.67. The fourth-order valence-corrected chi connectivity index (χ4v) is 2.67. The van der Waals surface area contributed by atoms with Crippen molar-refractivity contribution in [2.45, 2.75) is 20.3 Å². The van der Waals surface area contributed by atoms with E-state index < -0.39 is 0 Å². The minimum absolute atomic E-state index is 0.592. The van der Waals surface area contributed by atoms with Gasteiger partial charge in [0.2, 0.25) is 0 Å². The van der Waals surface area contributed by atoms with Gasteiger partial charge in [0.15, 0.2) is 5.96 Å². The Hall–Kier alpha value is -2.08.